The van der Waals surface area contributed by atoms with Crippen LogP contribution < -0.4 is 25.6 Å². The van der Waals surface area contributed by atoms with Crippen molar-refractivity contribution in [2.75, 3.05) is 17.6 Å². The van der Waals surface area contributed by atoms with E-state index in [-0.39, 0.29) is 53.1 Å². The van der Waals surface area contributed by atoms with Gasteiger partial charge in [0.05, 0.1) is 30.1 Å². The second kappa shape index (κ2) is 18.1. The molecule has 2 aromatic rings. The van der Waals surface area contributed by atoms with E-state index in [9.17, 15) is 32.7 Å². The molecule has 2 unspecified atom stereocenters. The summed E-state index contributed by atoms with van der Waals surface area (Å²) in [7, 11) is -2.41. The van der Waals surface area contributed by atoms with Crippen LogP contribution in [0.2, 0.25) is 0 Å². The van der Waals surface area contributed by atoms with Crippen LogP contribution in [0.3, 0.4) is 0 Å². The molecule has 0 aliphatic carbocycles. The normalized spacial score (nSPS) is 14.8. The van der Waals surface area contributed by atoms with Gasteiger partial charge in [0.1, 0.15) is 6.04 Å². The highest BCUT2D eigenvalue weighted by Gasteiger charge is 2.31. The average Bonchev–Trinajstić information content (AvgIpc) is 3.01. The molecule has 5 atom stereocenters. The minimum atomic E-state index is -3.74. The predicted octanol–water partition coefficient (Wildman–Crippen LogP) is 3.77. The van der Waals surface area contributed by atoms with Crippen LogP contribution in [0.1, 0.15) is 101 Å². The summed E-state index contributed by atoms with van der Waals surface area (Å²) in [5.41, 5.74) is 1.08. The summed E-state index contributed by atoms with van der Waals surface area (Å²) in [5, 5.41) is 22.7. The molecule has 4 amide bonds. The Morgan fingerprint density at radius 2 is 1.31 bits per heavy atom. The Kier molecular flexibility index (Phi) is 15.3. The largest absolute Gasteiger partial charge is 0.391 e. The lowest BCUT2D eigenvalue weighted by atomic mass is 9.91. The fraction of sp³-hybridized carbons (Fsp3) is 0.556. The number of aliphatic hydroxyl groups excluding tert-OH is 1. The monoisotopic (exact) mass is 701 g/mol. The summed E-state index contributed by atoms with van der Waals surface area (Å²) in [6, 6.07) is 11.5. The molecule has 0 aliphatic rings. The minimum Gasteiger partial charge on any atom is -0.391 e. The Morgan fingerprint density at radius 1 is 0.755 bits per heavy atom. The number of aliphatic hydroxyl groups is 1. The van der Waals surface area contributed by atoms with Crippen LogP contribution in [0.4, 0.5) is 5.69 Å². The summed E-state index contributed by atoms with van der Waals surface area (Å²) < 4.78 is 25.8. The first kappa shape index (κ1) is 41.2. The van der Waals surface area contributed by atoms with Crippen LogP contribution in [-0.2, 0) is 19.6 Å². The Bertz CT molecular complexity index is 1550. The van der Waals surface area contributed by atoms with Crippen molar-refractivity contribution in [2.45, 2.75) is 98.5 Å². The average molecular weight is 702 g/mol. The Balaban J connectivity index is 2.33. The molecule has 272 valence electrons. The van der Waals surface area contributed by atoms with E-state index in [1.165, 1.54) is 25.2 Å². The van der Waals surface area contributed by atoms with Gasteiger partial charge in [0.15, 0.2) is 0 Å². The number of amides is 4. The van der Waals surface area contributed by atoms with E-state index in [1.54, 1.807) is 6.92 Å². The van der Waals surface area contributed by atoms with Crippen molar-refractivity contribution in [1.82, 2.24) is 21.3 Å². The number of benzene rings is 2. The molecule has 0 bridgehead atoms. The van der Waals surface area contributed by atoms with Crippen molar-refractivity contribution in [3.05, 3.63) is 65.2 Å². The molecule has 0 saturated heterocycles. The first-order chi connectivity index (χ1) is 22.7. The summed E-state index contributed by atoms with van der Waals surface area (Å²) in [6.45, 7) is 14.7. The predicted molar refractivity (Wildman–Crippen MR) is 193 cm³/mol. The van der Waals surface area contributed by atoms with E-state index in [4.69, 9.17) is 0 Å². The topological polar surface area (TPSA) is 174 Å². The zero-order chi connectivity index (χ0) is 37.2. The van der Waals surface area contributed by atoms with Gasteiger partial charge in [-0.15, -0.1) is 0 Å². The molecule has 0 saturated carbocycles. The molecule has 0 radical (unpaired) electrons. The van der Waals surface area contributed by atoms with Crippen LogP contribution in [0, 0.1) is 17.8 Å². The molecule has 2 aromatic carbocycles. The van der Waals surface area contributed by atoms with Crippen LogP contribution in [0.15, 0.2) is 48.5 Å². The van der Waals surface area contributed by atoms with Crippen LogP contribution in [0.5, 0.6) is 0 Å². The van der Waals surface area contributed by atoms with E-state index in [1.807, 2.05) is 78.8 Å². The number of sulfonamides is 1. The SMILES string of the molecule is CC(C)CC(NC(=O)c1cc(C(=O)NC(C)c2ccccc2)cc(N(C)S(C)(=O)=O)c1)[C@@H](O)C[C@@H](C)C(=O)N[C@H](C(=O)NC(C)C)C(C)C. The standard InChI is InChI=1S/C36H55N5O7S/c1-21(2)16-30(31(42)17-24(7)33(43)40-32(22(3)4)36(46)37-23(5)6)39-35(45)28-18-27(19-29(20-28)41(9)49(10,47)48)34(44)38-25(8)26-14-12-11-13-15-26/h11-15,18-25,30-32,42H,16-17H2,1-10H3,(H,37,46)(H,38,44)(H,39,45)(H,40,43)/t24-,25?,30?,31+,32+/m1/s1. The number of nitrogens with one attached hydrogen (secondary N) is 4. The van der Waals surface area contributed by atoms with Crippen molar-refractivity contribution >= 4 is 39.3 Å². The summed E-state index contributed by atoms with van der Waals surface area (Å²) >= 11 is 0. The fourth-order valence-corrected chi connectivity index (χ4v) is 5.75. The molecule has 12 nitrogen and oxygen atoms in total. The van der Waals surface area contributed by atoms with E-state index < -0.39 is 51.9 Å². The third-order valence-electron chi connectivity index (χ3n) is 8.18. The molecule has 0 aliphatic heterocycles. The van der Waals surface area contributed by atoms with Crippen LogP contribution in [0.25, 0.3) is 0 Å². The Labute approximate surface area is 291 Å². The molecule has 5 N–H and O–H groups in total. The van der Waals surface area contributed by atoms with Gasteiger partial charge in [-0.3, -0.25) is 23.5 Å². The fourth-order valence-electron chi connectivity index (χ4n) is 5.26. The molecule has 0 fully saturated rings. The second-order valence-corrected chi connectivity index (χ2v) is 15.9. The van der Waals surface area contributed by atoms with Gasteiger partial charge in [0, 0.05) is 30.1 Å². The lowest BCUT2D eigenvalue weighted by Gasteiger charge is -2.29. The highest BCUT2D eigenvalue weighted by Crippen LogP contribution is 2.23. The number of carbonyl (C=O) groups excluding carboxylic acids is 4. The number of nitrogens with zero attached hydrogens (tertiary/aromatic N) is 1. The summed E-state index contributed by atoms with van der Waals surface area (Å²) in [4.78, 5) is 53.0. The second-order valence-electron chi connectivity index (χ2n) is 13.9. The molecule has 0 heterocycles. The van der Waals surface area contributed by atoms with Crippen molar-refractivity contribution in [3.63, 3.8) is 0 Å². The number of carbonyl (C=O) groups is 4. The van der Waals surface area contributed by atoms with Gasteiger partial charge in [-0.1, -0.05) is 65.0 Å². The molecule has 0 aromatic heterocycles. The first-order valence-corrected chi connectivity index (χ1v) is 18.6. The third-order valence-corrected chi connectivity index (χ3v) is 9.38. The quantitative estimate of drug-likeness (QED) is 0.167. The molecule has 13 heteroatoms. The van der Waals surface area contributed by atoms with Crippen molar-refractivity contribution in [1.29, 1.82) is 0 Å². The van der Waals surface area contributed by atoms with Crippen molar-refractivity contribution < 1.29 is 32.7 Å². The van der Waals surface area contributed by atoms with Gasteiger partial charge in [0.25, 0.3) is 11.8 Å². The number of hydrogen-bond donors (Lipinski definition) is 5. The van der Waals surface area contributed by atoms with Gasteiger partial charge in [-0.05, 0) is 69.2 Å². The maximum Gasteiger partial charge on any atom is 0.251 e. The van der Waals surface area contributed by atoms with Crippen molar-refractivity contribution in [3.8, 4) is 0 Å². The van der Waals surface area contributed by atoms with Gasteiger partial charge in [0.2, 0.25) is 21.8 Å². The Morgan fingerprint density at radius 3 is 1.80 bits per heavy atom. The number of rotatable bonds is 17. The van der Waals surface area contributed by atoms with E-state index >= 15 is 0 Å². The zero-order valence-electron chi connectivity index (χ0n) is 30.4. The first-order valence-electron chi connectivity index (χ1n) is 16.8. The summed E-state index contributed by atoms with van der Waals surface area (Å²) in [5.74, 6) is -2.62. The number of anilines is 1. The number of hydrogen-bond acceptors (Lipinski definition) is 7. The van der Waals surface area contributed by atoms with Gasteiger partial charge in [-0.2, -0.15) is 0 Å². The highest BCUT2D eigenvalue weighted by molar-refractivity contribution is 7.92. The van der Waals surface area contributed by atoms with Crippen molar-refractivity contribution in [2.24, 2.45) is 17.8 Å². The van der Waals surface area contributed by atoms with Gasteiger partial charge < -0.3 is 26.4 Å². The molecule has 49 heavy (non-hydrogen) atoms. The third kappa shape index (κ3) is 12.8. The maximum absolute atomic E-state index is 13.7. The maximum atomic E-state index is 13.7. The summed E-state index contributed by atoms with van der Waals surface area (Å²) in [6.07, 6.45) is 0.258. The van der Waals surface area contributed by atoms with E-state index in [0.29, 0.717) is 6.42 Å². The van der Waals surface area contributed by atoms with E-state index in [2.05, 4.69) is 21.3 Å². The Hall–Kier alpha value is -3.97. The van der Waals surface area contributed by atoms with Gasteiger partial charge >= 0.3 is 0 Å². The van der Waals surface area contributed by atoms with Gasteiger partial charge in [-0.25, -0.2) is 8.42 Å². The lowest BCUT2D eigenvalue weighted by Crippen LogP contribution is -2.53. The molecule has 0 spiro atoms. The molecule has 2 rings (SSSR count). The highest BCUT2D eigenvalue weighted by atomic mass is 32.2. The van der Waals surface area contributed by atoms with Crippen LogP contribution in [-0.4, -0.2) is 74.7 Å². The molecular weight excluding hydrogens is 646 g/mol. The van der Waals surface area contributed by atoms with E-state index in [0.717, 1.165) is 16.1 Å². The lowest BCUT2D eigenvalue weighted by molar-refractivity contribution is -0.132. The minimum absolute atomic E-state index is 0.00199. The smallest absolute Gasteiger partial charge is 0.251 e. The van der Waals surface area contributed by atoms with Crippen LogP contribution >= 0.6 is 0 Å². The zero-order valence-corrected chi connectivity index (χ0v) is 31.2. The molecular formula is C36H55N5O7S.